The van der Waals surface area contributed by atoms with Gasteiger partial charge < -0.3 is 148 Å². The number of carbonyl (C=O) groups is 6. The number of aromatic hydroxyl groups is 4. The Morgan fingerprint density at radius 1 is 0.382 bits per heavy atom. The Kier molecular flexibility index (Phi) is 36.8. The van der Waals surface area contributed by atoms with Crippen LogP contribution in [0.1, 0.15) is 128 Å². The summed E-state index contributed by atoms with van der Waals surface area (Å²) >= 11 is 0. The number of halogens is 1. The summed E-state index contributed by atoms with van der Waals surface area (Å²) in [5.74, 6) is -5.65. The van der Waals surface area contributed by atoms with Crippen LogP contribution in [0, 0.1) is 0 Å². The molecule has 15 rings (SSSR count). The highest BCUT2D eigenvalue weighted by atomic mass is 35.5. The summed E-state index contributed by atoms with van der Waals surface area (Å²) in [5, 5.41) is 60.0. The first-order chi connectivity index (χ1) is 64.2. The Hall–Kier alpha value is -15.3. The second-order valence-corrected chi connectivity index (χ2v) is 28.6. The Bertz CT molecular complexity index is 6710. The highest BCUT2D eigenvalue weighted by Crippen LogP contribution is 2.45. The van der Waals surface area contributed by atoms with Crippen molar-refractivity contribution in [1.82, 2.24) is 28.7 Å². The lowest BCUT2D eigenvalue weighted by Crippen LogP contribution is -2.27. The van der Waals surface area contributed by atoms with E-state index in [1.807, 2.05) is 7.05 Å². The second kappa shape index (κ2) is 47.9. The summed E-state index contributed by atoms with van der Waals surface area (Å²) in [7, 11) is 16.6. The molecule has 0 bridgehead atoms. The number of imidazole rings is 3. The maximum absolute atomic E-state index is 14.3. The molecule has 43 heteroatoms. The van der Waals surface area contributed by atoms with Gasteiger partial charge in [-0.3, -0.25) is 28.8 Å². The maximum atomic E-state index is 14.3. The molecule has 0 saturated heterocycles. The molecule has 6 heterocycles. The molecule has 0 fully saturated rings. The molecule has 722 valence electrons. The number of carboxylic acid groups (broad SMARTS) is 1. The highest BCUT2D eigenvalue weighted by molar-refractivity contribution is 6.32. The molecular formula is C93H96ClN6O36-. The van der Waals surface area contributed by atoms with Crippen molar-refractivity contribution in [2.75, 3.05) is 111 Å². The number of fused-ring (bicyclic) bond motifs is 6. The fourth-order valence-electron chi connectivity index (χ4n) is 13.9. The van der Waals surface area contributed by atoms with Gasteiger partial charge in [-0.05, 0) is 72.4 Å². The highest BCUT2D eigenvalue weighted by Gasteiger charge is 2.36. The van der Waals surface area contributed by atoms with Gasteiger partial charge in [0.1, 0.15) is 84.0 Å². The summed E-state index contributed by atoms with van der Waals surface area (Å²) < 4.78 is 118. The fourth-order valence-corrected chi connectivity index (χ4v) is 13.9. The predicted molar refractivity (Wildman–Crippen MR) is 480 cm³/mol. The summed E-state index contributed by atoms with van der Waals surface area (Å²) in [5.41, 5.74) is -2.28. The first-order valence-corrected chi connectivity index (χ1v) is 39.6. The quantitative estimate of drug-likeness (QED) is 0.0140. The maximum Gasteiger partial charge on any atom is 0.343 e. The number of ketones is 3. The minimum absolute atomic E-state index is 0. The molecule has 3 aliphatic rings. The van der Waals surface area contributed by atoms with Gasteiger partial charge in [-0.1, -0.05) is 33.1 Å². The summed E-state index contributed by atoms with van der Waals surface area (Å²) in [6.07, 6.45) is 18.4. The van der Waals surface area contributed by atoms with Crippen molar-refractivity contribution >= 4 is 97.3 Å². The zero-order chi connectivity index (χ0) is 95.4. The number of aliphatic hydroxyl groups excluding tert-OH is 1. The normalized spacial score (nSPS) is 12.2. The van der Waals surface area contributed by atoms with Gasteiger partial charge in [0.05, 0.1) is 44.4 Å². The summed E-state index contributed by atoms with van der Waals surface area (Å²) in [6.45, 7) is -1.91. The first kappa shape index (κ1) is 104. The van der Waals surface area contributed by atoms with Crippen molar-refractivity contribution in [3.8, 4) is 69.0 Å². The molecule has 6 aromatic carbocycles. The van der Waals surface area contributed by atoms with Crippen molar-refractivity contribution in [1.29, 1.82) is 0 Å². The van der Waals surface area contributed by atoms with Crippen molar-refractivity contribution in [3.05, 3.63) is 244 Å². The molecule has 0 atom stereocenters. The minimum Gasteiger partial charge on any atom is -0.545 e. The number of phenolic OH excluding ortho intramolecular Hbond substituents is 4. The summed E-state index contributed by atoms with van der Waals surface area (Å²) in [4.78, 5) is 133. The van der Waals surface area contributed by atoms with E-state index < -0.39 is 79.9 Å². The van der Waals surface area contributed by atoms with Crippen LogP contribution in [0.4, 0.5) is 0 Å². The Labute approximate surface area is 779 Å². The minimum atomic E-state index is -1.73. The predicted octanol–water partition coefficient (Wildman–Crippen LogP) is 9.68. The number of esters is 2. The Morgan fingerprint density at radius 3 is 1.04 bits per heavy atom. The third-order valence-electron chi connectivity index (χ3n) is 20.3. The molecule has 3 aliphatic carbocycles. The van der Waals surface area contributed by atoms with E-state index in [4.69, 9.17) is 104 Å². The van der Waals surface area contributed by atoms with E-state index in [2.05, 4.69) is 15.0 Å². The zero-order valence-electron chi connectivity index (χ0n) is 73.5. The van der Waals surface area contributed by atoms with Gasteiger partial charge in [-0.25, -0.2) is 24.5 Å². The molecule has 0 saturated carbocycles. The number of rotatable bonds is 35. The number of phenols is 4. The van der Waals surface area contributed by atoms with Crippen LogP contribution in [0.2, 0.25) is 0 Å². The molecule has 0 aliphatic heterocycles. The standard InChI is InChI=1S/C33H34N2O13.C28H28O13.C25H18N2O9.C5H8N2O.2CH4.ClH/c1-35-9-8-34-27(35)14-44-33(38)29-28-25(12-26(47-17-41-4)32(29)48-18-42-5)43-13-22(31(28)37)20-7-6-19-10-23(45-15-39-2)24(46-16-40-3)11-21(19)30(20)36;1-33-11-38-19-7-15-5-6-16(25(29)17(15)8-20(19)39-12-34-2)18-10-37-21-9-22(40-13-35-3)27(41-14-36-4)24(28(31)32)23(21)26(18)30;1-27-5-4-26-19(27)10-36-25(34)21-20-18(8-17(30)24(21)33)35-9-14(23(20)32)12-3-2-11-6-15(28)16(29)7-13(11)22(12)31;1-7-3-2-6-5(7)4-8;;;/h7-13H,6,14-18H2,1-5H3;6-10H,5,11-14H2,1-4H3,(H,31,32);3-9,28-30,33H,2,10H2,1H3;2-3,8H,4H2,1H3;2*1H4;1H/p-1. The second-order valence-electron chi connectivity index (χ2n) is 28.6. The lowest BCUT2D eigenvalue weighted by atomic mass is 9.86. The van der Waals surface area contributed by atoms with Crippen LogP contribution in [0.5, 0.6) is 69.0 Å². The first-order valence-electron chi connectivity index (χ1n) is 39.6. The van der Waals surface area contributed by atoms with Crippen LogP contribution in [0.25, 0.3) is 49.6 Å². The lowest BCUT2D eigenvalue weighted by Gasteiger charge is -2.20. The number of aromatic carboxylic acids is 1. The number of aryl methyl sites for hydroxylation is 3. The molecule has 0 unspecified atom stereocenters. The Morgan fingerprint density at radius 2 is 0.691 bits per heavy atom. The van der Waals surface area contributed by atoms with Crippen molar-refractivity contribution in [2.24, 2.45) is 21.1 Å². The van der Waals surface area contributed by atoms with E-state index in [1.165, 1.54) is 99.5 Å². The molecule has 42 nitrogen and oxygen atoms in total. The molecule has 5 N–H and O–H groups in total. The molecule has 6 aromatic heterocycles. The van der Waals surface area contributed by atoms with E-state index in [0.717, 1.165) is 30.9 Å². The van der Waals surface area contributed by atoms with Crippen molar-refractivity contribution in [2.45, 2.75) is 53.9 Å². The molecule has 0 radical (unpaired) electrons. The average Bonchev–Trinajstić information content (AvgIpc) is 0.891. The van der Waals surface area contributed by atoms with E-state index >= 15 is 0 Å². The largest absolute Gasteiger partial charge is 0.545 e. The van der Waals surface area contributed by atoms with Gasteiger partial charge in [0, 0.05) is 167 Å². The topological polar surface area (TPSA) is 537 Å². The third kappa shape index (κ3) is 22.8. The number of allylic oxidation sites excluding steroid dienone is 6. The average molecular weight is 1910 g/mol. The zero-order valence-corrected chi connectivity index (χ0v) is 74.3. The molecule has 12 aromatic rings. The molecule has 0 amide bonds. The fraction of sp³-hybridized carbons (Fsp3) is 0.290. The number of hydrogen-bond acceptors (Lipinski definition) is 39. The number of ether oxygens (including phenoxy) is 18. The number of benzene rings is 6. The van der Waals surface area contributed by atoms with Gasteiger partial charge in [-0.15, -0.1) is 12.4 Å². The lowest BCUT2D eigenvalue weighted by molar-refractivity contribution is -0.255. The van der Waals surface area contributed by atoms with Gasteiger partial charge in [0.2, 0.25) is 16.3 Å². The number of carboxylic acids is 1. The van der Waals surface area contributed by atoms with E-state index in [9.17, 15) is 68.7 Å². The Balaban J connectivity index is 0.000000218. The van der Waals surface area contributed by atoms with Crippen LogP contribution in [0.15, 0.2) is 156 Å². The van der Waals surface area contributed by atoms with Gasteiger partial charge in [0.25, 0.3) is 0 Å². The smallest absolute Gasteiger partial charge is 0.343 e. The van der Waals surface area contributed by atoms with E-state index in [1.54, 1.807) is 83.1 Å². The van der Waals surface area contributed by atoms with E-state index in [0.29, 0.717) is 45.7 Å². The number of aromatic nitrogens is 6. The number of methoxy groups -OCH3 is 8. The molecule has 136 heavy (non-hydrogen) atoms. The van der Waals surface area contributed by atoms with Crippen molar-refractivity contribution in [3.63, 3.8) is 0 Å². The van der Waals surface area contributed by atoms with Crippen LogP contribution >= 0.6 is 12.4 Å². The van der Waals surface area contributed by atoms with Crippen molar-refractivity contribution < 1.29 is 158 Å². The third-order valence-corrected chi connectivity index (χ3v) is 20.3. The number of hydrogen-bond donors (Lipinski definition) is 5. The monoisotopic (exact) mass is 1910 g/mol. The van der Waals surface area contributed by atoms with Gasteiger partial charge >= 0.3 is 11.9 Å². The van der Waals surface area contributed by atoms with Gasteiger partial charge in [0.15, 0.2) is 141 Å². The van der Waals surface area contributed by atoms with Crippen LogP contribution in [0.3, 0.4) is 0 Å². The van der Waals surface area contributed by atoms with Crippen LogP contribution in [-0.4, -0.2) is 201 Å². The molecular weight excluding hydrogens is 1810 g/mol. The number of aliphatic hydroxyl groups is 1. The number of nitrogens with zero attached hydrogens (tertiary/aromatic N) is 6. The van der Waals surface area contributed by atoms with Gasteiger partial charge in [-0.2, -0.15) is 0 Å². The van der Waals surface area contributed by atoms with Crippen LogP contribution in [-0.2, 0) is 108 Å². The van der Waals surface area contributed by atoms with E-state index in [-0.39, 0.29) is 250 Å². The molecule has 0 spiro atoms. The summed E-state index contributed by atoms with van der Waals surface area (Å²) in [6, 6.07) is 12.3. The SMILES string of the molecule is C.C.COCOc1cc2c(cc1OCOC)C(=O)C(c1coc3cc(OCOC)c(OCOC)c(C(=O)OCc4nccn4C)c3c1=O)=CC2.COCOc1cc2c(cc1OCOC)C(=O)C(c1coc3cc(OCOC)c(OCOC)c(C(=O)[O-])c3c1=O)=CC2.Cl.Cn1ccnc1CO.Cn1ccnc1COC(=O)c1c(O)c(O)cc2occ(C3=CCc4cc(O)c(O)cc4C3=O)c(=O)c12. The van der Waals surface area contributed by atoms with Crippen LogP contribution < -0.4 is 59.3 Å². The number of Topliss-reactive ketones (excluding diaryl/α,β-unsaturated/α-hetero) is 3. The number of carbonyl (C=O) groups excluding carboxylic acids is 6.